The number of rotatable bonds is 61. The smallest absolute Gasteiger partial charge is 0.306 e. The van der Waals surface area contributed by atoms with Crippen LogP contribution >= 0.6 is 0 Å². The predicted octanol–water partition coefficient (Wildman–Crippen LogP) is 23.1. The average molecular weight is 1090 g/mol. The lowest BCUT2D eigenvalue weighted by Gasteiger charge is -2.18. The molecule has 450 valence electrons. The zero-order chi connectivity index (χ0) is 56.4. The number of esters is 3. The molecule has 0 rings (SSSR count). The minimum Gasteiger partial charge on any atom is -0.462 e. The largest absolute Gasteiger partial charge is 0.462 e. The topological polar surface area (TPSA) is 78.9 Å². The zero-order valence-electron chi connectivity index (χ0n) is 51.7. The van der Waals surface area contributed by atoms with Crippen molar-refractivity contribution < 1.29 is 28.6 Å². The summed E-state index contributed by atoms with van der Waals surface area (Å²) in [6.45, 7) is 6.51. The van der Waals surface area contributed by atoms with Gasteiger partial charge >= 0.3 is 17.9 Å². The third kappa shape index (κ3) is 63.4. The van der Waals surface area contributed by atoms with Crippen LogP contribution in [0.2, 0.25) is 0 Å². The van der Waals surface area contributed by atoms with E-state index in [-0.39, 0.29) is 31.1 Å². The summed E-state index contributed by atoms with van der Waals surface area (Å²) in [5.74, 6) is -0.892. The normalized spacial score (nSPS) is 12.6. The van der Waals surface area contributed by atoms with E-state index in [1.54, 1.807) is 0 Å². The first kappa shape index (κ1) is 74.6. The molecule has 0 radical (unpaired) electrons. The number of ether oxygens (including phenoxy) is 3. The highest BCUT2D eigenvalue weighted by atomic mass is 16.6. The van der Waals surface area contributed by atoms with E-state index in [1.165, 1.54) is 173 Å². The molecule has 78 heavy (non-hydrogen) atoms. The quantitative estimate of drug-likeness (QED) is 0.0261. The van der Waals surface area contributed by atoms with E-state index >= 15 is 0 Å². The second-order valence-electron chi connectivity index (χ2n) is 22.4. The second-order valence-corrected chi connectivity index (χ2v) is 22.4. The molecule has 0 bridgehead atoms. The fourth-order valence-electron chi connectivity index (χ4n) is 9.66. The molecule has 1 atom stereocenters. The maximum atomic E-state index is 12.9. The molecule has 0 aromatic rings. The van der Waals surface area contributed by atoms with Gasteiger partial charge in [-0.15, -0.1) is 0 Å². The molecular weight excluding hydrogens is 961 g/mol. The lowest BCUT2D eigenvalue weighted by molar-refractivity contribution is -0.167. The van der Waals surface area contributed by atoms with Gasteiger partial charge in [0.2, 0.25) is 0 Å². The van der Waals surface area contributed by atoms with Crippen molar-refractivity contribution in [3.8, 4) is 0 Å². The number of hydrogen-bond acceptors (Lipinski definition) is 6. The van der Waals surface area contributed by atoms with E-state index in [0.717, 1.165) is 122 Å². The van der Waals surface area contributed by atoms with Crippen LogP contribution in [0.3, 0.4) is 0 Å². The van der Waals surface area contributed by atoms with Crippen molar-refractivity contribution in [1.82, 2.24) is 0 Å². The summed E-state index contributed by atoms with van der Waals surface area (Å²) in [4.78, 5) is 38.1. The number of hydrogen-bond donors (Lipinski definition) is 0. The molecule has 0 aromatic heterocycles. The van der Waals surface area contributed by atoms with Crippen molar-refractivity contribution in [3.05, 3.63) is 85.1 Å². The average Bonchev–Trinajstić information content (AvgIpc) is 3.44. The first-order valence-electron chi connectivity index (χ1n) is 33.6. The van der Waals surface area contributed by atoms with Crippen molar-refractivity contribution >= 4 is 17.9 Å². The van der Waals surface area contributed by atoms with Gasteiger partial charge in [-0.05, 0) is 77.0 Å². The summed E-state index contributed by atoms with van der Waals surface area (Å²) in [6, 6.07) is 0. The molecule has 0 saturated carbocycles. The first-order valence-corrected chi connectivity index (χ1v) is 33.6. The Kier molecular flexibility index (Phi) is 63.2. The number of carbonyl (C=O) groups excluding carboxylic acids is 3. The molecular formula is C72H126O6. The van der Waals surface area contributed by atoms with E-state index < -0.39 is 6.10 Å². The molecule has 1 unspecified atom stereocenters. The van der Waals surface area contributed by atoms with Crippen molar-refractivity contribution in [1.29, 1.82) is 0 Å². The summed E-state index contributed by atoms with van der Waals surface area (Å²) in [6.07, 6.45) is 87.7. The highest BCUT2D eigenvalue weighted by Crippen LogP contribution is 2.18. The van der Waals surface area contributed by atoms with Gasteiger partial charge in [0.1, 0.15) is 13.2 Å². The van der Waals surface area contributed by atoms with E-state index in [4.69, 9.17) is 14.2 Å². The molecule has 0 aliphatic heterocycles. The maximum absolute atomic E-state index is 12.9. The number of unbranched alkanes of at least 4 members (excludes halogenated alkanes) is 36. The highest BCUT2D eigenvalue weighted by molar-refractivity contribution is 5.71. The first-order chi connectivity index (χ1) is 38.5. The van der Waals surface area contributed by atoms with Crippen LogP contribution in [0.1, 0.15) is 335 Å². The Balaban J connectivity index is 4.14. The van der Waals surface area contributed by atoms with Crippen LogP contribution < -0.4 is 0 Å². The molecule has 6 heteroatoms. The maximum Gasteiger partial charge on any atom is 0.306 e. The minimum atomic E-state index is -0.782. The molecule has 0 aromatic carbocycles. The van der Waals surface area contributed by atoms with Crippen LogP contribution in [0.25, 0.3) is 0 Å². The van der Waals surface area contributed by atoms with Gasteiger partial charge < -0.3 is 14.2 Å². The van der Waals surface area contributed by atoms with Crippen LogP contribution in [-0.4, -0.2) is 37.2 Å². The van der Waals surface area contributed by atoms with E-state index in [2.05, 4.69) is 106 Å². The molecule has 0 aliphatic carbocycles. The highest BCUT2D eigenvalue weighted by Gasteiger charge is 2.19. The Labute approximate surface area is 484 Å². The van der Waals surface area contributed by atoms with Crippen LogP contribution in [0.15, 0.2) is 85.1 Å². The lowest BCUT2D eigenvalue weighted by Crippen LogP contribution is -2.30. The molecule has 0 spiro atoms. The van der Waals surface area contributed by atoms with E-state index in [0.29, 0.717) is 19.3 Å². The van der Waals surface area contributed by atoms with Gasteiger partial charge in [-0.1, -0.05) is 324 Å². The van der Waals surface area contributed by atoms with Gasteiger partial charge in [0, 0.05) is 19.3 Å². The summed E-state index contributed by atoms with van der Waals surface area (Å²) in [5, 5.41) is 0. The van der Waals surface area contributed by atoms with Gasteiger partial charge in [-0.2, -0.15) is 0 Å². The Morgan fingerprint density at radius 1 is 0.269 bits per heavy atom. The molecule has 0 N–H and O–H groups in total. The Bertz CT molecular complexity index is 1480. The zero-order valence-corrected chi connectivity index (χ0v) is 51.7. The van der Waals surface area contributed by atoms with Crippen molar-refractivity contribution in [2.75, 3.05) is 13.2 Å². The number of carbonyl (C=O) groups is 3. The third-order valence-corrected chi connectivity index (χ3v) is 14.7. The Morgan fingerprint density at radius 2 is 0.500 bits per heavy atom. The number of allylic oxidation sites excluding steroid dienone is 14. The Hall–Kier alpha value is -3.41. The molecule has 0 amide bonds. The fourth-order valence-corrected chi connectivity index (χ4v) is 9.66. The van der Waals surface area contributed by atoms with Crippen molar-refractivity contribution in [2.24, 2.45) is 0 Å². The molecule has 0 heterocycles. The van der Waals surface area contributed by atoms with Crippen molar-refractivity contribution in [3.63, 3.8) is 0 Å². The van der Waals surface area contributed by atoms with E-state index in [9.17, 15) is 14.4 Å². The second kappa shape index (κ2) is 66.1. The minimum absolute atomic E-state index is 0.0797. The molecule has 6 nitrogen and oxygen atoms in total. The SMILES string of the molecule is CC/C=C\C/C=C\C/C=C\C/C=C\C/C=C\C/C=C\C/C=C\CCCCCCCC(=O)OCC(COC(=O)CCCCCCCCC)OC(=O)CCCCCCCCCCCCCCCCCCCCCCCCCCCC. The van der Waals surface area contributed by atoms with Crippen LogP contribution in [0.4, 0.5) is 0 Å². The third-order valence-electron chi connectivity index (χ3n) is 14.7. The molecule has 0 saturated heterocycles. The van der Waals surface area contributed by atoms with Crippen LogP contribution in [0.5, 0.6) is 0 Å². The Morgan fingerprint density at radius 3 is 0.782 bits per heavy atom. The monoisotopic (exact) mass is 1090 g/mol. The van der Waals surface area contributed by atoms with Gasteiger partial charge in [0.15, 0.2) is 6.10 Å². The summed E-state index contributed by atoms with van der Waals surface area (Å²) in [7, 11) is 0. The predicted molar refractivity (Wildman–Crippen MR) is 339 cm³/mol. The fraction of sp³-hybridized carbons (Fsp3) is 0.764. The summed E-state index contributed by atoms with van der Waals surface area (Å²) >= 11 is 0. The molecule has 0 aliphatic rings. The van der Waals surface area contributed by atoms with Gasteiger partial charge in [-0.25, -0.2) is 0 Å². The van der Waals surface area contributed by atoms with Crippen molar-refractivity contribution in [2.45, 2.75) is 341 Å². The van der Waals surface area contributed by atoms with Gasteiger partial charge in [-0.3, -0.25) is 14.4 Å². The lowest BCUT2D eigenvalue weighted by atomic mass is 10.0. The van der Waals surface area contributed by atoms with Crippen LogP contribution in [-0.2, 0) is 28.6 Å². The standard InChI is InChI=1S/C72H126O6/c1-4-7-10-13-16-18-20-22-24-26-28-30-32-34-36-38-39-41-43-45-47-49-51-53-56-59-62-65-71(74)77-68-69(67-76-70(73)64-61-58-55-15-12-9-6-3)78-72(75)66-63-60-57-54-52-50-48-46-44-42-40-37-35-33-31-29-27-25-23-21-19-17-14-11-8-5-2/h7,10,16,18,22,24,28,30,34,36,39,41,45,47,69H,4-6,8-9,11-15,17,19-21,23,25-27,29,31-33,35,37-38,40,42-44,46,48-68H2,1-3H3/b10-7-,18-16-,24-22-,30-28-,36-34-,41-39-,47-45-. The molecule has 0 fully saturated rings. The summed E-state index contributed by atoms with van der Waals surface area (Å²) < 4.78 is 16.8. The van der Waals surface area contributed by atoms with Gasteiger partial charge in [0.05, 0.1) is 0 Å². The van der Waals surface area contributed by atoms with Crippen LogP contribution in [0, 0.1) is 0 Å². The van der Waals surface area contributed by atoms with E-state index in [1.807, 2.05) is 0 Å². The summed E-state index contributed by atoms with van der Waals surface area (Å²) in [5.41, 5.74) is 0. The van der Waals surface area contributed by atoms with Gasteiger partial charge in [0.25, 0.3) is 0 Å².